The second-order valence-corrected chi connectivity index (χ2v) is 2.98. The van der Waals surface area contributed by atoms with Gasteiger partial charge in [-0.3, -0.25) is 4.98 Å². The molecule has 0 aliphatic heterocycles. The van der Waals surface area contributed by atoms with Crippen molar-refractivity contribution in [1.82, 2.24) is 4.98 Å². The Hall–Kier alpha value is -1.10. The zero-order valence-electron chi connectivity index (χ0n) is 6.97. The summed E-state index contributed by atoms with van der Waals surface area (Å²) in [5.41, 5.74) is 3.43. The first-order valence-corrected chi connectivity index (χ1v) is 3.62. The van der Waals surface area contributed by atoms with Gasteiger partial charge in [0.2, 0.25) is 0 Å². The van der Waals surface area contributed by atoms with E-state index in [-0.39, 0.29) is 5.56 Å². The molecule has 2 nitrogen and oxygen atoms in total. The SMILES string of the molecule is CC(N)(c1cncc(F)c1)C(F)F. The molecule has 0 fully saturated rings. The first kappa shape index (κ1) is 9.98. The van der Waals surface area contributed by atoms with Gasteiger partial charge in [0, 0.05) is 6.20 Å². The van der Waals surface area contributed by atoms with Crippen molar-refractivity contribution >= 4 is 0 Å². The van der Waals surface area contributed by atoms with E-state index in [1.165, 1.54) is 0 Å². The highest BCUT2D eigenvalue weighted by Crippen LogP contribution is 2.24. The number of nitrogens with zero attached hydrogens (tertiary/aromatic N) is 1. The van der Waals surface area contributed by atoms with E-state index in [1.807, 2.05) is 0 Å². The number of hydrogen-bond donors (Lipinski definition) is 1. The molecule has 0 aliphatic carbocycles. The smallest absolute Gasteiger partial charge is 0.260 e. The van der Waals surface area contributed by atoms with Gasteiger partial charge >= 0.3 is 0 Å². The predicted octanol–water partition coefficient (Wildman–Crippen LogP) is 1.66. The normalized spacial score (nSPS) is 15.8. The van der Waals surface area contributed by atoms with E-state index in [2.05, 4.69) is 4.98 Å². The van der Waals surface area contributed by atoms with Gasteiger partial charge in [0.05, 0.1) is 6.20 Å². The molecular formula is C8H9F3N2. The molecule has 0 radical (unpaired) electrons. The molecule has 0 saturated heterocycles. The second-order valence-electron chi connectivity index (χ2n) is 2.98. The highest BCUT2D eigenvalue weighted by molar-refractivity contribution is 5.20. The lowest BCUT2D eigenvalue weighted by Gasteiger charge is -2.23. The number of halogens is 3. The van der Waals surface area contributed by atoms with Crippen molar-refractivity contribution in [3.8, 4) is 0 Å². The average molecular weight is 190 g/mol. The monoisotopic (exact) mass is 190 g/mol. The Bertz CT molecular complexity index is 299. The van der Waals surface area contributed by atoms with Crippen LogP contribution in [0.3, 0.4) is 0 Å². The van der Waals surface area contributed by atoms with Gasteiger partial charge in [-0.05, 0) is 18.6 Å². The largest absolute Gasteiger partial charge is 0.317 e. The second kappa shape index (κ2) is 3.33. The highest BCUT2D eigenvalue weighted by Gasteiger charge is 2.32. The first-order valence-electron chi connectivity index (χ1n) is 3.62. The minimum absolute atomic E-state index is 0.0116. The molecule has 5 heteroatoms. The standard InChI is InChI=1S/C8H9F3N2/c1-8(12,7(10)11)5-2-6(9)4-13-3-5/h2-4,7H,12H2,1H3. The Morgan fingerprint density at radius 3 is 2.54 bits per heavy atom. The molecule has 13 heavy (non-hydrogen) atoms. The lowest BCUT2D eigenvalue weighted by Crippen LogP contribution is -2.40. The number of alkyl halides is 2. The number of aromatic nitrogens is 1. The Morgan fingerprint density at radius 2 is 2.08 bits per heavy atom. The van der Waals surface area contributed by atoms with E-state index >= 15 is 0 Å². The van der Waals surface area contributed by atoms with Gasteiger partial charge in [0.25, 0.3) is 6.43 Å². The van der Waals surface area contributed by atoms with E-state index in [1.54, 1.807) is 0 Å². The van der Waals surface area contributed by atoms with Crippen LogP contribution in [0.5, 0.6) is 0 Å². The molecule has 1 unspecified atom stereocenters. The summed E-state index contributed by atoms with van der Waals surface area (Å²) in [7, 11) is 0. The van der Waals surface area contributed by atoms with Crippen molar-refractivity contribution in [3.63, 3.8) is 0 Å². The molecule has 0 saturated carbocycles. The first-order chi connectivity index (χ1) is 5.94. The maximum atomic E-state index is 12.6. The Morgan fingerprint density at radius 1 is 1.46 bits per heavy atom. The minimum Gasteiger partial charge on any atom is -0.317 e. The van der Waals surface area contributed by atoms with Crippen LogP contribution in [0.25, 0.3) is 0 Å². The maximum absolute atomic E-state index is 12.6. The lowest BCUT2D eigenvalue weighted by atomic mass is 9.95. The molecule has 2 N–H and O–H groups in total. The fourth-order valence-corrected chi connectivity index (χ4v) is 0.832. The lowest BCUT2D eigenvalue weighted by molar-refractivity contribution is 0.0621. The van der Waals surface area contributed by atoms with E-state index in [4.69, 9.17) is 5.73 Å². The Kier molecular flexibility index (Phi) is 2.56. The van der Waals surface area contributed by atoms with Gasteiger partial charge < -0.3 is 5.73 Å². The maximum Gasteiger partial charge on any atom is 0.260 e. The summed E-state index contributed by atoms with van der Waals surface area (Å²) in [6.45, 7) is 1.13. The van der Waals surface area contributed by atoms with E-state index in [0.717, 1.165) is 25.4 Å². The Balaban J connectivity index is 3.07. The summed E-state index contributed by atoms with van der Waals surface area (Å²) in [6, 6.07) is 0.958. The molecule has 1 heterocycles. The van der Waals surface area contributed by atoms with Crippen molar-refractivity contribution in [2.75, 3.05) is 0 Å². The van der Waals surface area contributed by atoms with Crippen LogP contribution in [-0.2, 0) is 5.54 Å². The number of pyridine rings is 1. The van der Waals surface area contributed by atoms with Crippen LogP contribution in [0.2, 0.25) is 0 Å². The summed E-state index contributed by atoms with van der Waals surface area (Å²) >= 11 is 0. The zero-order valence-corrected chi connectivity index (χ0v) is 6.97. The summed E-state index contributed by atoms with van der Waals surface area (Å²) in [6.07, 6.45) is -0.684. The van der Waals surface area contributed by atoms with Crippen molar-refractivity contribution in [2.45, 2.75) is 18.9 Å². The average Bonchev–Trinajstić information content (AvgIpc) is 2.04. The Labute approximate surface area is 73.6 Å². The molecule has 0 bridgehead atoms. The summed E-state index contributed by atoms with van der Waals surface area (Å²) < 4.78 is 37.3. The molecule has 72 valence electrons. The fraction of sp³-hybridized carbons (Fsp3) is 0.375. The number of hydrogen-bond acceptors (Lipinski definition) is 2. The predicted molar refractivity (Wildman–Crippen MR) is 41.7 cm³/mol. The van der Waals surface area contributed by atoms with Crippen LogP contribution < -0.4 is 5.73 Å². The summed E-state index contributed by atoms with van der Waals surface area (Å²) in [4.78, 5) is 3.44. The van der Waals surface area contributed by atoms with E-state index < -0.39 is 17.8 Å². The third kappa shape index (κ3) is 1.98. The van der Waals surface area contributed by atoms with Gasteiger partial charge in [0.15, 0.2) is 0 Å². The zero-order chi connectivity index (χ0) is 10.1. The molecular weight excluding hydrogens is 181 g/mol. The highest BCUT2D eigenvalue weighted by atomic mass is 19.3. The van der Waals surface area contributed by atoms with Crippen LogP contribution in [0.15, 0.2) is 18.5 Å². The number of nitrogens with two attached hydrogens (primary N) is 1. The van der Waals surface area contributed by atoms with Gasteiger partial charge in [-0.25, -0.2) is 13.2 Å². The summed E-state index contributed by atoms with van der Waals surface area (Å²) in [5.74, 6) is -0.671. The summed E-state index contributed by atoms with van der Waals surface area (Å²) in [5, 5.41) is 0. The molecule has 0 spiro atoms. The van der Waals surface area contributed by atoms with Gasteiger partial charge in [-0.2, -0.15) is 0 Å². The molecule has 1 aromatic heterocycles. The minimum atomic E-state index is -2.75. The molecule has 1 aromatic rings. The molecule has 1 atom stereocenters. The van der Waals surface area contributed by atoms with Crippen LogP contribution in [0.4, 0.5) is 13.2 Å². The van der Waals surface area contributed by atoms with Crippen molar-refractivity contribution < 1.29 is 13.2 Å². The van der Waals surface area contributed by atoms with Crippen molar-refractivity contribution in [2.24, 2.45) is 5.73 Å². The van der Waals surface area contributed by atoms with E-state index in [9.17, 15) is 13.2 Å². The van der Waals surface area contributed by atoms with Crippen LogP contribution in [0.1, 0.15) is 12.5 Å². The quantitative estimate of drug-likeness (QED) is 0.770. The van der Waals surface area contributed by atoms with Crippen molar-refractivity contribution in [3.05, 3.63) is 29.8 Å². The molecule has 0 aliphatic rings. The van der Waals surface area contributed by atoms with Gasteiger partial charge in [-0.15, -0.1) is 0 Å². The fourth-order valence-electron chi connectivity index (χ4n) is 0.832. The third-order valence-corrected chi connectivity index (χ3v) is 1.78. The topological polar surface area (TPSA) is 38.9 Å². The van der Waals surface area contributed by atoms with Crippen LogP contribution in [0, 0.1) is 5.82 Å². The van der Waals surface area contributed by atoms with E-state index in [0.29, 0.717) is 0 Å². The number of rotatable bonds is 2. The molecule has 0 amide bonds. The van der Waals surface area contributed by atoms with Crippen LogP contribution >= 0.6 is 0 Å². The molecule has 1 rings (SSSR count). The molecule has 0 aromatic carbocycles. The van der Waals surface area contributed by atoms with Crippen LogP contribution in [-0.4, -0.2) is 11.4 Å². The van der Waals surface area contributed by atoms with Gasteiger partial charge in [-0.1, -0.05) is 0 Å². The van der Waals surface area contributed by atoms with Gasteiger partial charge in [0.1, 0.15) is 11.4 Å². The third-order valence-electron chi connectivity index (χ3n) is 1.78. The van der Waals surface area contributed by atoms with Crippen molar-refractivity contribution in [1.29, 1.82) is 0 Å².